The van der Waals surface area contributed by atoms with Gasteiger partial charge in [-0.1, -0.05) is 12.1 Å². The van der Waals surface area contributed by atoms with Crippen molar-refractivity contribution in [2.45, 2.75) is 40.5 Å². The SMILES string of the molecule is Cc1ccc(N2C(=O)C3(CC3)C(=O)N2c2ccc(C)c(C)c2)cc1C. The fraction of sp³-hybridized carbons (Fsp3) is 0.333. The zero-order valence-corrected chi connectivity index (χ0v) is 15.1. The summed E-state index contributed by atoms with van der Waals surface area (Å²) < 4.78 is 0. The molecule has 1 aliphatic heterocycles. The Morgan fingerprint density at radius 1 is 0.680 bits per heavy atom. The van der Waals surface area contributed by atoms with E-state index in [-0.39, 0.29) is 11.8 Å². The van der Waals surface area contributed by atoms with Gasteiger partial charge in [-0.25, -0.2) is 10.0 Å². The third-order valence-electron chi connectivity index (χ3n) is 5.62. The lowest BCUT2D eigenvalue weighted by Gasteiger charge is -2.28. The van der Waals surface area contributed by atoms with E-state index in [9.17, 15) is 9.59 Å². The average Bonchev–Trinajstić information content (AvgIpc) is 3.35. The largest absolute Gasteiger partial charge is 0.271 e. The second kappa shape index (κ2) is 5.19. The molecule has 0 aromatic heterocycles. The van der Waals surface area contributed by atoms with Crippen LogP contribution < -0.4 is 10.0 Å². The van der Waals surface area contributed by atoms with Crippen LogP contribution in [0.5, 0.6) is 0 Å². The van der Waals surface area contributed by atoms with Gasteiger partial charge in [0.05, 0.1) is 11.4 Å². The van der Waals surface area contributed by atoms with Crippen molar-refractivity contribution in [3.05, 3.63) is 58.7 Å². The van der Waals surface area contributed by atoms with E-state index in [1.54, 1.807) is 10.0 Å². The van der Waals surface area contributed by atoms with E-state index in [2.05, 4.69) is 0 Å². The third kappa shape index (κ3) is 2.20. The Morgan fingerprint density at radius 3 is 1.40 bits per heavy atom. The van der Waals surface area contributed by atoms with E-state index in [4.69, 9.17) is 0 Å². The van der Waals surface area contributed by atoms with Gasteiger partial charge in [0.1, 0.15) is 5.41 Å². The summed E-state index contributed by atoms with van der Waals surface area (Å²) in [5.74, 6) is -0.196. The van der Waals surface area contributed by atoms with E-state index in [0.29, 0.717) is 12.8 Å². The number of anilines is 2. The zero-order valence-electron chi connectivity index (χ0n) is 15.1. The molecule has 0 bridgehead atoms. The van der Waals surface area contributed by atoms with E-state index < -0.39 is 5.41 Å². The highest BCUT2D eigenvalue weighted by Crippen LogP contribution is 2.54. The van der Waals surface area contributed by atoms with Gasteiger partial charge < -0.3 is 0 Å². The molecule has 1 heterocycles. The maximum Gasteiger partial charge on any atom is 0.261 e. The molecule has 128 valence electrons. The first kappa shape index (κ1) is 15.9. The van der Waals surface area contributed by atoms with Gasteiger partial charge in [0.15, 0.2) is 0 Å². The van der Waals surface area contributed by atoms with Crippen LogP contribution in [0.25, 0.3) is 0 Å². The minimum atomic E-state index is -0.836. The summed E-state index contributed by atoms with van der Waals surface area (Å²) in [4.78, 5) is 26.2. The summed E-state index contributed by atoms with van der Waals surface area (Å²) in [7, 11) is 0. The fourth-order valence-corrected chi connectivity index (χ4v) is 3.41. The molecule has 2 aromatic rings. The van der Waals surface area contributed by atoms with Crippen molar-refractivity contribution in [2.75, 3.05) is 10.0 Å². The van der Waals surface area contributed by atoms with Crippen molar-refractivity contribution in [1.82, 2.24) is 0 Å². The Morgan fingerprint density at radius 2 is 1.08 bits per heavy atom. The van der Waals surface area contributed by atoms with Crippen molar-refractivity contribution in [3.8, 4) is 0 Å². The van der Waals surface area contributed by atoms with E-state index in [1.165, 1.54) is 11.1 Å². The molecule has 4 nitrogen and oxygen atoms in total. The number of carbonyl (C=O) groups excluding carboxylic acids is 2. The number of hydrazine groups is 1. The molecule has 2 amide bonds. The van der Waals surface area contributed by atoms with Gasteiger partial charge in [0.25, 0.3) is 11.8 Å². The summed E-state index contributed by atoms with van der Waals surface area (Å²) >= 11 is 0. The van der Waals surface area contributed by atoms with Gasteiger partial charge >= 0.3 is 0 Å². The molecule has 25 heavy (non-hydrogen) atoms. The quantitative estimate of drug-likeness (QED) is 0.779. The molecule has 0 radical (unpaired) electrons. The first-order valence-electron chi connectivity index (χ1n) is 8.69. The molecule has 0 atom stereocenters. The predicted molar refractivity (Wildman–Crippen MR) is 98.5 cm³/mol. The van der Waals surface area contributed by atoms with E-state index in [1.807, 2.05) is 64.1 Å². The number of benzene rings is 2. The summed E-state index contributed by atoms with van der Waals surface area (Å²) in [6.07, 6.45) is 1.29. The second-order valence-corrected chi connectivity index (χ2v) is 7.35. The second-order valence-electron chi connectivity index (χ2n) is 7.35. The molecule has 1 aliphatic carbocycles. The Bertz CT molecular complexity index is 841. The number of hydrogen-bond donors (Lipinski definition) is 0. The number of hydrogen-bond acceptors (Lipinski definition) is 2. The molecule has 0 unspecified atom stereocenters. The molecule has 1 saturated carbocycles. The number of amides is 2. The van der Waals surface area contributed by atoms with Crippen LogP contribution in [0.4, 0.5) is 11.4 Å². The lowest BCUT2D eigenvalue weighted by molar-refractivity contribution is -0.128. The molecule has 4 heteroatoms. The summed E-state index contributed by atoms with van der Waals surface area (Å²) in [6, 6.07) is 11.8. The van der Waals surface area contributed by atoms with Gasteiger partial charge in [-0.15, -0.1) is 0 Å². The van der Waals surface area contributed by atoms with Gasteiger partial charge in [-0.05, 0) is 87.1 Å². The lowest BCUT2D eigenvalue weighted by atomic mass is 10.1. The van der Waals surface area contributed by atoms with Crippen molar-refractivity contribution < 1.29 is 9.59 Å². The smallest absolute Gasteiger partial charge is 0.261 e. The summed E-state index contributed by atoms with van der Waals surface area (Å²) in [5, 5.41) is 3.15. The molecule has 0 N–H and O–H groups in total. The third-order valence-corrected chi connectivity index (χ3v) is 5.62. The van der Waals surface area contributed by atoms with Gasteiger partial charge in [0, 0.05) is 0 Å². The minimum absolute atomic E-state index is 0.0982. The zero-order chi connectivity index (χ0) is 17.9. The van der Waals surface area contributed by atoms with Crippen molar-refractivity contribution >= 4 is 23.2 Å². The van der Waals surface area contributed by atoms with Gasteiger partial charge in [-0.2, -0.15) is 0 Å². The Labute approximate surface area is 148 Å². The van der Waals surface area contributed by atoms with Crippen molar-refractivity contribution in [1.29, 1.82) is 0 Å². The summed E-state index contributed by atoms with van der Waals surface area (Å²) in [6.45, 7) is 8.13. The molecule has 1 saturated heterocycles. The van der Waals surface area contributed by atoms with Crippen LogP contribution in [0.15, 0.2) is 36.4 Å². The molecule has 2 fully saturated rings. The highest BCUT2D eigenvalue weighted by atomic mass is 16.2. The van der Waals surface area contributed by atoms with Crippen LogP contribution in [0.3, 0.4) is 0 Å². The van der Waals surface area contributed by atoms with Crippen LogP contribution in [-0.2, 0) is 9.59 Å². The highest BCUT2D eigenvalue weighted by molar-refractivity contribution is 6.27. The van der Waals surface area contributed by atoms with Crippen LogP contribution in [0.1, 0.15) is 35.1 Å². The number of aryl methyl sites for hydroxylation is 4. The minimum Gasteiger partial charge on any atom is -0.271 e. The van der Waals surface area contributed by atoms with E-state index in [0.717, 1.165) is 22.5 Å². The van der Waals surface area contributed by atoms with Gasteiger partial charge in [-0.3, -0.25) is 9.59 Å². The monoisotopic (exact) mass is 334 g/mol. The lowest BCUT2D eigenvalue weighted by Crippen LogP contribution is -2.41. The maximum absolute atomic E-state index is 13.1. The van der Waals surface area contributed by atoms with Gasteiger partial charge in [0.2, 0.25) is 0 Å². The molecule has 2 aromatic carbocycles. The molecule has 4 rings (SSSR count). The first-order valence-corrected chi connectivity index (χ1v) is 8.69. The van der Waals surface area contributed by atoms with E-state index >= 15 is 0 Å². The maximum atomic E-state index is 13.1. The van der Waals surface area contributed by atoms with Crippen LogP contribution in [-0.4, -0.2) is 11.8 Å². The normalized spacial score (nSPS) is 18.4. The molecular weight excluding hydrogens is 312 g/mol. The first-order chi connectivity index (χ1) is 11.8. The molecule has 1 spiro atoms. The Hall–Kier alpha value is -2.62. The van der Waals surface area contributed by atoms with Crippen LogP contribution >= 0.6 is 0 Å². The summed E-state index contributed by atoms with van der Waals surface area (Å²) in [5.41, 5.74) is 5.22. The molecular formula is C21H22N2O2. The fourth-order valence-electron chi connectivity index (χ4n) is 3.41. The standard InChI is InChI=1S/C21H22N2O2/c1-13-5-7-17(11-15(13)3)22-19(24)21(9-10-21)20(25)23(22)18-8-6-14(2)16(4)12-18/h5-8,11-12H,9-10H2,1-4H3. The number of rotatable bonds is 2. The average molecular weight is 334 g/mol. The topological polar surface area (TPSA) is 40.6 Å². The van der Waals surface area contributed by atoms with Crippen molar-refractivity contribution in [2.24, 2.45) is 5.41 Å². The van der Waals surface area contributed by atoms with Crippen LogP contribution in [0.2, 0.25) is 0 Å². The molecule has 2 aliphatic rings. The van der Waals surface area contributed by atoms with Crippen molar-refractivity contribution in [3.63, 3.8) is 0 Å². The Balaban J connectivity index is 1.86. The predicted octanol–water partition coefficient (Wildman–Crippen LogP) is 4.00. The number of nitrogens with zero attached hydrogens (tertiary/aromatic N) is 2. The Kier molecular flexibility index (Phi) is 3.29. The number of carbonyl (C=O) groups is 2. The van der Waals surface area contributed by atoms with Crippen LogP contribution in [0, 0.1) is 33.1 Å². The highest BCUT2D eigenvalue weighted by Gasteiger charge is 2.66.